The van der Waals surface area contributed by atoms with Crippen molar-refractivity contribution in [1.82, 2.24) is 0 Å². The monoisotopic (exact) mass is 816 g/mol. The number of hydrogen-bond acceptors (Lipinski definition) is 1. The molecule has 0 saturated carbocycles. The van der Waals surface area contributed by atoms with Crippen LogP contribution in [0.3, 0.4) is 0 Å². The van der Waals surface area contributed by atoms with Gasteiger partial charge in [-0.3, -0.25) is 4.79 Å². The Kier molecular flexibility index (Phi) is 12.7. The van der Waals surface area contributed by atoms with Crippen LogP contribution >= 0.6 is 7.92 Å². The zero-order chi connectivity index (χ0) is 42.8. The van der Waals surface area contributed by atoms with Gasteiger partial charge in [0.1, 0.15) is 5.78 Å². The van der Waals surface area contributed by atoms with Gasteiger partial charge in [-0.1, -0.05) is 227 Å². The number of carbonyl (C=O) groups excluding carboxylic acids is 1. The van der Waals surface area contributed by atoms with Gasteiger partial charge in [0.15, 0.2) is 0 Å². The van der Waals surface area contributed by atoms with Gasteiger partial charge >= 0.3 is 0 Å². The van der Waals surface area contributed by atoms with Crippen molar-refractivity contribution in [3.8, 4) is 44.5 Å². The smallest absolute Gasteiger partial charge is 0.134 e. The molecule has 308 valence electrons. The highest BCUT2D eigenvalue weighted by Crippen LogP contribution is 2.68. The Morgan fingerprint density at radius 3 is 1.02 bits per heavy atom. The summed E-state index contributed by atoms with van der Waals surface area (Å²) >= 11 is 0. The summed E-state index contributed by atoms with van der Waals surface area (Å²) < 4.78 is 0. The highest BCUT2D eigenvalue weighted by molar-refractivity contribution is 7.67. The van der Waals surface area contributed by atoms with Gasteiger partial charge in [0.05, 0.1) is 0 Å². The summed E-state index contributed by atoms with van der Waals surface area (Å²) in [5, 5.41) is 1.45. The third-order valence-corrected chi connectivity index (χ3v) is 16.2. The molecule has 0 amide bonds. The Labute approximate surface area is 367 Å². The van der Waals surface area contributed by atoms with Gasteiger partial charge in [-0.2, -0.15) is 0 Å². The molecule has 1 nitrogen and oxygen atoms in total. The predicted molar refractivity (Wildman–Crippen MR) is 264 cm³/mol. The fourth-order valence-electron chi connectivity index (χ4n) is 9.80. The minimum absolute atomic E-state index is 0.0298. The first-order chi connectivity index (χ1) is 29.5. The molecule has 1 heterocycles. The maximum Gasteiger partial charge on any atom is 0.134 e. The second-order valence-corrected chi connectivity index (χ2v) is 20.8. The summed E-state index contributed by atoms with van der Waals surface area (Å²) in [4.78, 5) is 14.5. The van der Waals surface area contributed by atoms with Gasteiger partial charge in [0.25, 0.3) is 0 Å². The van der Waals surface area contributed by atoms with Crippen LogP contribution in [0.15, 0.2) is 164 Å². The normalized spacial score (nSPS) is 16.9. The molecular formula is C59H61OP. The molecule has 0 spiro atoms. The molecule has 2 heteroatoms. The fourth-order valence-corrected chi connectivity index (χ4v) is 13.6. The fraction of sp³-hybridized carbons (Fsp3) is 0.271. The van der Waals surface area contributed by atoms with Crippen molar-refractivity contribution in [3.05, 3.63) is 197 Å². The van der Waals surface area contributed by atoms with E-state index in [-0.39, 0.29) is 11.3 Å². The van der Waals surface area contributed by atoms with Gasteiger partial charge in [0.2, 0.25) is 0 Å². The van der Waals surface area contributed by atoms with E-state index in [0.29, 0.717) is 42.3 Å². The van der Waals surface area contributed by atoms with Gasteiger partial charge < -0.3 is 0 Å². The van der Waals surface area contributed by atoms with Gasteiger partial charge in [-0.15, -0.1) is 0 Å². The van der Waals surface area contributed by atoms with Crippen molar-refractivity contribution in [2.45, 2.75) is 103 Å². The number of benzene rings is 7. The molecule has 2 atom stereocenters. The standard InChI is InChI=1S/C59H61OP/c1-38(2)49-22-15-23-50(39(3)4)57(49)53-26-17-27-54(58-51(40(5)6)24-16-25-52(58)41(7)8)59(53)61-55(46-32-28-44(29-33-46)42-18-11-9-12-19-42)36-48(60)37-56(61)47-34-30-45(31-35-47)43-20-13-10-14-21-43/h9-35,38-41,55-56H,36-37H2,1-8H3. The Bertz CT molecular complexity index is 2370. The lowest BCUT2D eigenvalue weighted by Crippen LogP contribution is -2.26. The van der Waals surface area contributed by atoms with E-state index >= 15 is 0 Å². The summed E-state index contributed by atoms with van der Waals surface area (Å²) in [6, 6.07) is 60.9. The largest absolute Gasteiger partial charge is 0.300 e. The van der Waals surface area contributed by atoms with E-state index in [1.807, 2.05) is 0 Å². The van der Waals surface area contributed by atoms with E-state index in [1.165, 1.54) is 83.2 Å². The molecule has 8 rings (SSSR count). The molecule has 7 aromatic rings. The quantitative estimate of drug-likeness (QED) is 0.119. The lowest BCUT2D eigenvalue weighted by atomic mass is 9.82. The van der Waals surface area contributed by atoms with Crippen molar-refractivity contribution in [2.24, 2.45) is 0 Å². The summed E-state index contributed by atoms with van der Waals surface area (Å²) in [5.74, 6) is 1.69. The molecule has 0 radical (unpaired) electrons. The highest BCUT2D eigenvalue weighted by Gasteiger charge is 2.42. The third-order valence-electron chi connectivity index (χ3n) is 12.9. The first-order valence-electron chi connectivity index (χ1n) is 22.5. The summed E-state index contributed by atoms with van der Waals surface area (Å²) in [5.41, 5.74) is 18.4. The maximum atomic E-state index is 14.5. The van der Waals surface area contributed by atoms with Crippen molar-refractivity contribution in [2.75, 3.05) is 0 Å². The van der Waals surface area contributed by atoms with Crippen LogP contribution in [0.25, 0.3) is 44.5 Å². The summed E-state index contributed by atoms with van der Waals surface area (Å²) in [7, 11) is -1.04. The molecule has 7 aromatic carbocycles. The average molecular weight is 817 g/mol. The van der Waals surface area contributed by atoms with E-state index < -0.39 is 7.92 Å². The lowest BCUT2D eigenvalue weighted by molar-refractivity contribution is -0.119. The molecule has 0 N–H and O–H groups in total. The molecule has 61 heavy (non-hydrogen) atoms. The van der Waals surface area contributed by atoms with E-state index in [4.69, 9.17) is 0 Å². The van der Waals surface area contributed by atoms with E-state index in [1.54, 1.807) is 0 Å². The molecule has 1 fully saturated rings. The number of ketones is 1. The van der Waals surface area contributed by atoms with Gasteiger partial charge in [-0.25, -0.2) is 0 Å². The first kappa shape index (κ1) is 42.3. The Morgan fingerprint density at radius 2 is 0.689 bits per heavy atom. The minimum atomic E-state index is -1.04. The van der Waals surface area contributed by atoms with Crippen LogP contribution in [-0.4, -0.2) is 5.78 Å². The van der Waals surface area contributed by atoms with Crippen molar-refractivity contribution in [1.29, 1.82) is 0 Å². The molecule has 0 aliphatic carbocycles. The van der Waals surface area contributed by atoms with Crippen LogP contribution in [0.4, 0.5) is 0 Å². The lowest BCUT2D eigenvalue weighted by Gasteiger charge is -2.42. The Morgan fingerprint density at radius 1 is 0.377 bits per heavy atom. The second kappa shape index (κ2) is 18.3. The first-order valence-corrected chi connectivity index (χ1v) is 24.0. The van der Waals surface area contributed by atoms with Gasteiger partial charge in [-0.05, 0) is 107 Å². The molecule has 0 aromatic heterocycles. The Hall–Kier alpha value is -5.36. The summed E-state index contributed by atoms with van der Waals surface area (Å²) in [6.07, 6.45) is 1.07. The van der Waals surface area contributed by atoms with Crippen LogP contribution < -0.4 is 5.30 Å². The van der Waals surface area contributed by atoms with E-state index in [9.17, 15) is 4.79 Å². The van der Waals surface area contributed by atoms with Crippen molar-refractivity contribution in [3.63, 3.8) is 0 Å². The number of Topliss-reactive ketones (excluding diaryl/α,β-unsaturated/α-hetero) is 1. The van der Waals surface area contributed by atoms with Crippen LogP contribution in [0.2, 0.25) is 0 Å². The molecule has 2 unspecified atom stereocenters. The predicted octanol–water partition coefficient (Wildman–Crippen LogP) is 16.8. The van der Waals surface area contributed by atoms with E-state index in [0.717, 1.165) is 0 Å². The summed E-state index contributed by atoms with van der Waals surface area (Å²) in [6.45, 7) is 18.7. The average Bonchev–Trinajstić information content (AvgIpc) is 3.28. The van der Waals surface area contributed by atoms with Crippen LogP contribution in [0.1, 0.15) is 137 Å². The zero-order valence-corrected chi connectivity index (χ0v) is 38.2. The van der Waals surface area contributed by atoms with Gasteiger partial charge in [0, 0.05) is 24.2 Å². The number of carbonyl (C=O) groups is 1. The Balaban J connectivity index is 1.47. The van der Waals surface area contributed by atoms with Crippen LogP contribution in [0, 0.1) is 0 Å². The number of rotatable bonds is 11. The molecule has 1 aliphatic rings. The van der Waals surface area contributed by atoms with Crippen molar-refractivity contribution < 1.29 is 4.79 Å². The molecule has 1 aliphatic heterocycles. The molecule has 1 saturated heterocycles. The highest BCUT2D eigenvalue weighted by atomic mass is 31.1. The number of hydrogen-bond donors (Lipinski definition) is 0. The molecule has 0 bridgehead atoms. The molecular weight excluding hydrogens is 756 g/mol. The zero-order valence-electron chi connectivity index (χ0n) is 37.3. The van der Waals surface area contributed by atoms with E-state index in [2.05, 4.69) is 219 Å². The SMILES string of the molecule is CC(C)c1cccc(C(C)C)c1-c1cccc(-c2c(C(C)C)cccc2C(C)C)c1P1C(c2ccc(-c3ccccc3)cc2)CC(=O)CC1c1ccc(-c2ccccc2)cc1. The minimum Gasteiger partial charge on any atom is -0.300 e. The maximum absolute atomic E-state index is 14.5. The van der Waals surface area contributed by atoms with Crippen molar-refractivity contribution >= 4 is 19.0 Å². The van der Waals surface area contributed by atoms with Crippen LogP contribution in [0.5, 0.6) is 0 Å². The van der Waals surface area contributed by atoms with Crippen LogP contribution in [-0.2, 0) is 4.79 Å². The third kappa shape index (κ3) is 8.61. The topological polar surface area (TPSA) is 17.1 Å². The second-order valence-electron chi connectivity index (χ2n) is 18.3.